The molecule has 0 bridgehead atoms. The fourth-order valence-electron chi connectivity index (χ4n) is 2.32. The second-order valence-corrected chi connectivity index (χ2v) is 5.78. The molecule has 0 heterocycles. The minimum absolute atomic E-state index is 0.116. The van der Waals surface area contributed by atoms with Gasteiger partial charge in [0.05, 0.1) is 6.42 Å². The number of hydrogen-bond donors (Lipinski definition) is 2. The lowest BCUT2D eigenvalue weighted by Crippen LogP contribution is -2.34. The molecule has 0 aromatic heterocycles. The zero-order valence-corrected chi connectivity index (χ0v) is 13.8. The quantitative estimate of drug-likeness (QED) is 0.819. The number of ether oxygens (including phenoxy) is 1. The van der Waals surface area contributed by atoms with Crippen LogP contribution in [0.15, 0.2) is 48.5 Å². The van der Waals surface area contributed by atoms with Crippen LogP contribution in [0.4, 0.5) is 0 Å². The van der Waals surface area contributed by atoms with E-state index in [-0.39, 0.29) is 12.3 Å². The Morgan fingerprint density at radius 3 is 2.62 bits per heavy atom. The van der Waals surface area contributed by atoms with E-state index in [0.717, 1.165) is 11.1 Å². The molecule has 5 nitrogen and oxygen atoms in total. The van der Waals surface area contributed by atoms with Crippen LogP contribution < -0.4 is 10.1 Å². The Morgan fingerprint density at radius 1 is 1.17 bits per heavy atom. The molecule has 1 atom stereocenters. The third kappa shape index (κ3) is 5.43. The highest BCUT2D eigenvalue weighted by atomic mass is 16.5. The van der Waals surface area contributed by atoms with Gasteiger partial charge in [-0.2, -0.15) is 0 Å². The highest BCUT2D eigenvalue weighted by Crippen LogP contribution is 2.16. The molecule has 5 heteroatoms. The van der Waals surface area contributed by atoms with Crippen molar-refractivity contribution in [2.75, 3.05) is 0 Å². The topological polar surface area (TPSA) is 75.6 Å². The molecule has 2 rings (SSSR count). The van der Waals surface area contributed by atoms with E-state index in [1.165, 1.54) is 0 Å². The van der Waals surface area contributed by atoms with Crippen molar-refractivity contribution in [3.63, 3.8) is 0 Å². The molecule has 126 valence electrons. The van der Waals surface area contributed by atoms with Crippen molar-refractivity contribution < 1.29 is 19.4 Å². The monoisotopic (exact) mass is 327 g/mol. The summed E-state index contributed by atoms with van der Waals surface area (Å²) in [5.74, 6) is -0.669. The zero-order valence-electron chi connectivity index (χ0n) is 13.8. The van der Waals surface area contributed by atoms with Gasteiger partial charge >= 0.3 is 5.97 Å². The molecule has 0 aliphatic rings. The van der Waals surface area contributed by atoms with E-state index in [4.69, 9.17) is 9.84 Å². The number of hydrogen-bond acceptors (Lipinski definition) is 3. The van der Waals surface area contributed by atoms with E-state index in [1.807, 2.05) is 31.2 Å². The summed E-state index contributed by atoms with van der Waals surface area (Å²) in [5, 5.41) is 11.4. The van der Waals surface area contributed by atoms with Gasteiger partial charge in [-0.15, -0.1) is 0 Å². The highest BCUT2D eigenvalue weighted by molar-refractivity contribution is 5.94. The van der Waals surface area contributed by atoms with Crippen molar-refractivity contribution in [1.82, 2.24) is 5.32 Å². The molecule has 2 aromatic carbocycles. The molecule has 0 saturated heterocycles. The third-order valence-corrected chi connectivity index (χ3v) is 3.44. The fourth-order valence-corrected chi connectivity index (χ4v) is 2.32. The van der Waals surface area contributed by atoms with Crippen molar-refractivity contribution in [2.24, 2.45) is 0 Å². The summed E-state index contributed by atoms with van der Waals surface area (Å²) in [7, 11) is 0. The smallest absolute Gasteiger partial charge is 0.305 e. The first-order valence-electron chi connectivity index (χ1n) is 7.75. The maximum atomic E-state index is 12.1. The second-order valence-electron chi connectivity index (χ2n) is 5.78. The number of aryl methyl sites for hydroxylation is 1. The Labute approximate surface area is 141 Å². The molecule has 0 saturated carbocycles. The Hall–Kier alpha value is -2.82. The molecule has 2 N–H and O–H groups in total. The fraction of sp³-hybridized carbons (Fsp3) is 0.263. The predicted molar refractivity (Wildman–Crippen MR) is 91.1 cm³/mol. The SMILES string of the molecule is Cc1cccc(COc2cccc(C(=O)N[C@@H](C)CC(=O)O)c2)c1. The van der Waals surface area contributed by atoms with Crippen molar-refractivity contribution >= 4 is 11.9 Å². The van der Waals surface area contributed by atoms with Crippen LogP contribution in [-0.4, -0.2) is 23.0 Å². The maximum Gasteiger partial charge on any atom is 0.305 e. The molecule has 1 amide bonds. The Kier molecular flexibility index (Phi) is 5.95. The number of aliphatic carboxylic acids is 1. The molecular formula is C19H21NO4. The molecule has 24 heavy (non-hydrogen) atoms. The van der Waals surface area contributed by atoms with Gasteiger partial charge in [-0.05, 0) is 37.6 Å². The molecule has 0 radical (unpaired) electrons. The summed E-state index contributed by atoms with van der Waals surface area (Å²) in [4.78, 5) is 22.8. The molecule has 0 aliphatic heterocycles. The van der Waals surface area contributed by atoms with Crippen molar-refractivity contribution in [2.45, 2.75) is 32.9 Å². The summed E-state index contributed by atoms with van der Waals surface area (Å²) >= 11 is 0. The lowest BCUT2D eigenvalue weighted by Gasteiger charge is -2.12. The Balaban J connectivity index is 1.97. The van der Waals surface area contributed by atoms with Gasteiger partial charge in [0.1, 0.15) is 12.4 Å². The van der Waals surface area contributed by atoms with Gasteiger partial charge in [0.2, 0.25) is 0 Å². The second kappa shape index (κ2) is 8.15. The van der Waals surface area contributed by atoms with Crippen LogP contribution in [0.25, 0.3) is 0 Å². The summed E-state index contributed by atoms with van der Waals surface area (Å²) < 4.78 is 5.73. The Morgan fingerprint density at radius 2 is 1.92 bits per heavy atom. The van der Waals surface area contributed by atoms with E-state index in [2.05, 4.69) is 5.32 Å². The van der Waals surface area contributed by atoms with Gasteiger partial charge in [-0.3, -0.25) is 9.59 Å². The van der Waals surface area contributed by atoms with Gasteiger partial charge in [0, 0.05) is 11.6 Å². The van der Waals surface area contributed by atoms with Gasteiger partial charge in [0.15, 0.2) is 0 Å². The number of carbonyl (C=O) groups is 2. The third-order valence-electron chi connectivity index (χ3n) is 3.44. The molecular weight excluding hydrogens is 306 g/mol. The summed E-state index contributed by atoms with van der Waals surface area (Å²) in [5.41, 5.74) is 2.66. The lowest BCUT2D eigenvalue weighted by atomic mass is 10.1. The van der Waals surface area contributed by atoms with Crippen molar-refractivity contribution in [1.29, 1.82) is 0 Å². The Bertz CT molecular complexity index is 727. The number of carboxylic acid groups (broad SMARTS) is 1. The molecule has 2 aromatic rings. The zero-order chi connectivity index (χ0) is 17.5. The first-order valence-corrected chi connectivity index (χ1v) is 7.75. The number of nitrogens with one attached hydrogen (secondary N) is 1. The summed E-state index contributed by atoms with van der Waals surface area (Å²) in [6.07, 6.45) is -0.116. The van der Waals surface area contributed by atoms with Gasteiger partial charge in [-0.25, -0.2) is 0 Å². The number of rotatable bonds is 7. The molecule has 0 spiro atoms. The van der Waals surface area contributed by atoms with Gasteiger partial charge in [0.25, 0.3) is 5.91 Å². The van der Waals surface area contributed by atoms with Crippen molar-refractivity contribution in [3.8, 4) is 5.75 Å². The van der Waals surface area contributed by atoms with E-state index in [1.54, 1.807) is 31.2 Å². The number of carbonyl (C=O) groups excluding carboxylic acids is 1. The summed E-state index contributed by atoms with van der Waals surface area (Å²) in [6.45, 7) is 4.10. The number of carboxylic acids is 1. The van der Waals surface area contributed by atoms with Crippen LogP contribution in [0.3, 0.4) is 0 Å². The largest absolute Gasteiger partial charge is 0.489 e. The van der Waals surface area contributed by atoms with Gasteiger partial charge < -0.3 is 15.2 Å². The van der Waals surface area contributed by atoms with Crippen molar-refractivity contribution in [3.05, 3.63) is 65.2 Å². The van der Waals surface area contributed by atoms with Crippen LogP contribution in [0, 0.1) is 6.92 Å². The minimum Gasteiger partial charge on any atom is -0.489 e. The van der Waals surface area contributed by atoms with Gasteiger partial charge in [-0.1, -0.05) is 35.9 Å². The minimum atomic E-state index is -0.946. The van der Waals surface area contributed by atoms with Crippen LogP contribution in [-0.2, 0) is 11.4 Å². The number of benzene rings is 2. The van der Waals surface area contributed by atoms with Crippen LogP contribution in [0.2, 0.25) is 0 Å². The van der Waals surface area contributed by atoms with E-state index in [9.17, 15) is 9.59 Å². The normalized spacial score (nSPS) is 11.6. The summed E-state index contributed by atoms with van der Waals surface area (Å²) in [6, 6.07) is 14.4. The average molecular weight is 327 g/mol. The highest BCUT2D eigenvalue weighted by Gasteiger charge is 2.13. The van der Waals surface area contributed by atoms with E-state index < -0.39 is 12.0 Å². The maximum absolute atomic E-state index is 12.1. The average Bonchev–Trinajstić information content (AvgIpc) is 2.52. The van der Waals surface area contributed by atoms with E-state index in [0.29, 0.717) is 17.9 Å². The molecule has 0 unspecified atom stereocenters. The van der Waals surface area contributed by atoms with Crippen LogP contribution in [0.1, 0.15) is 34.8 Å². The first kappa shape index (κ1) is 17.5. The number of amides is 1. The van der Waals surface area contributed by atoms with E-state index >= 15 is 0 Å². The molecule has 0 aliphatic carbocycles. The first-order chi connectivity index (χ1) is 11.4. The van der Waals surface area contributed by atoms with Crippen LogP contribution >= 0.6 is 0 Å². The van der Waals surface area contributed by atoms with Crippen LogP contribution in [0.5, 0.6) is 5.75 Å². The lowest BCUT2D eigenvalue weighted by molar-refractivity contribution is -0.137. The standard InChI is InChI=1S/C19H21NO4/c1-13-5-3-6-15(9-13)12-24-17-8-4-7-16(11-17)19(23)20-14(2)10-18(21)22/h3-9,11,14H,10,12H2,1-2H3,(H,20,23)(H,21,22)/t14-/m0/s1. The predicted octanol–water partition coefficient (Wildman–Crippen LogP) is 3.17. The molecule has 0 fully saturated rings.